The van der Waals surface area contributed by atoms with Gasteiger partial charge in [-0.25, -0.2) is 9.97 Å². The van der Waals surface area contributed by atoms with Crippen LogP contribution in [0, 0.1) is 5.92 Å². The molecule has 0 fully saturated rings. The van der Waals surface area contributed by atoms with E-state index < -0.39 is 0 Å². The average molecular weight is 286 g/mol. The quantitative estimate of drug-likeness (QED) is 0.856. The summed E-state index contributed by atoms with van der Waals surface area (Å²) in [5, 5.41) is 1.07. The average Bonchev–Trinajstić information content (AvgIpc) is 2.47. The zero-order valence-electron chi connectivity index (χ0n) is 13.2. The van der Waals surface area contributed by atoms with Crippen LogP contribution >= 0.6 is 0 Å². The monoisotopic (exact) mass is 286 g/mol. The third-order valence-corrected chi connectivity index (χ3v) is 4.23. The lowest BCUT2D eigenvalue weighted by Gasteiger charge is -2.28. The Kier molecular flexibility index (Phi) is 5.26. The van der Waals surface area contributed by atoms with E-state index in [-0.39, 0.29) is 18.0 Å². The van der Waals surface area contributed by atoms with Crippen molar-refractivity contribution < 1.29 is 0 Å². The zero-order chi connectivity index (χ0) is 15.4. The summed E-state index contributed by atoms with van der Waals surface area (Å²) in [5.41, 5.74) is 13.2. The number of aromatic nitrogens is 2. The summed E-state index contributed by atoms with van der Waals surface area (Å²) in [5.74, 6) is 1.47. The van der Waals surface area contributed by atoms with Crippen molar-refractivity contribution in [3.05, 3.63) is 36.3 Å². The van der Waals surface area contributed by atoms with Crippen LogP contribution in [0.1, 0.15) is 45.4 Å². The van der Waals surface area contributed by atoms with Crippen LogP contribution in [-0.4, -0.2) is 22.1 Å². The first kappa shape index (κ1) is 15.9. The van der Waals surface area contributed by atoms with E-state index in [9.17, 15) is 0 Å². The van der Waals surface area contributed by atoms with E-state index in [1.165, 1.54) is 0 Å². The molecule has 1 aromatic heterocycles. The van der Waals surface area contributed by atoms with Crippen molar-refractivity contribution in [1.82, 2.24) is 9.97 Å². The lowest BCUT2D eigenvalue weighted by Crippen LogP contribution is -2.37. The molecule has 114 valence electrons. The lowest BCUT2D eigenvalue weighted by molar-refractivity contribution is 0.334. The molecule has 2 aromatic rings. The molecule has 0 saturated heterocycles. The third kappa shape index (κ3) is 3.77. The Morgan fingerprint density at radius 1 is 1.14 bits per heavy atom. The minimum Gasteiger partial charge on any atom is -0.328 e. The Morgan fingerprint density at radius 3 is 2.52 bits per heavy atom. The highest BCUT2D eigenvalue weighted by Gasteiger charge is 2.26. The van der Waals surface area contributed by atoms with Crippen molar-refractivity contribution in [3.63, 3.8) is 0 Å². The Morgan fingerprint density at radius 2 is 1.86 bits per heavy atom. The van der Waals surface area contributed by atoms with Gasteiger partial charge in [0.25, 0.3) is 0 Å². The van der Waals surface area contributed by atoms with E-state index >= 15 is 0 Å². The predicted molar refractivity (Wildman–Crippen MR) is 88.0 cm³/mol. The summed E-state index contributed by atoms with van der Waals surface area (Å²) < 4.78 is 0. The molecule has 1 heterocycles. The van der Waals surface area contributed by atoms with Crippen molar-refractivity contribution in [2.24, 2.45) is 17.4 Å². The molecule has 0 radical (unpaired) electrons. The van der Waals surface area contributed by atoms with E-state index in [4.69, 9.17) is 16.5 Å². The molecule has 4 nitrogen and oxygen atoms in total. The summed E-state index contributed by atoms with van der Waals surface area (Å²) in [6.45, 7) is 6.35. The molecule has 4 heteroatoms. The number of fused-ring (bicyclic) bond motifs is 1. The number of hydrogen-bond donors (Lipinski definition) is 2. The Bertz CT molecular complexity index is 582. The molecule has 0 aliphatic heterocycles. The molecule has 0 bridgehead atoms. The van der Waals surface area contributed by atoms with Crippen LogP contribution in [-0.2, 0) is 0 Å². The van der Waals surface area contributed by atoms with Crippen LogP contribution in [0.5, 0.6) is 0 Å². The topological polar surface area (TPSA) is 77.8 Å². The molecular weight excluding hydrogens is 260 g/mol. The molecule has 0 spiro atoms. The third-order valence-electron chi connectivity index (χ3n) is 4.23. The lowest BCUT2D eigenvalue weighted by atomic mass is 9.83. The van der Waals surface area contributed by atoms with E-state index in [0.717, 1.165) is 29.6 Å². The smallest absolute Gasteiger partial charge is 0.132 e. The Balaban J connectivity index is 2.26. The fraction of sp³-hybridized carbons (Fsp3) is 0.529. The molecular formula is C17H26N4. The van der Waals surface area contributed by atoms with Gasteiger partial charge in [0, 0.05) is 29.6 Å². The van der Waals surface area contributed by atoms with E-state index in [0.29, 0.717) is 5.92 Å². The van der Waals surface area contributed by atoms with Crippen LogP contribution in [0.2, 0.25) is 0 Å². The van der Waals surface area contributed by atoms with Gasteiger partial charge in [-0.1, -0.05) is 32.0 Å². The van der Waals surface area contributed by atoms with Gasteiger partial charge >= 0.3 is 0 Å². The number of rotatable bonds is 6. The summed E-state index contributed by atoms with van der Waals surface area (Å²) in [6, 6.07) is 8.27. The van der Waals surface area contributed by atoms with E-state index in [1.54, 1.807) is 0 Å². The number of nitrogens with zero attached hydrogens (tertiary/aromatic N) is 2. The second-order valence-electron chi connectivity index (χ2n) is 6.04. The van der Waals surface area contributed by atoms with Crippen LogP contribution in [0.3, 0.4) is 0 Å². The van der Waals surface area contributed by atoms with Crippen molar-refractivity contribution in [2.75, 3.05) is 0 Å². The maximum Gasteiger partial charge on any atom is 0.132 e. The summed E-state index contributed by atoms with van der Waals surface area (Å²) in [7, 11) is 0. The SMILES string of the molecule is CCC(c1ncc2ccccc2n1)C(C)C(N)CC(C)N. The highest BCUT2D eigenvalue weighted by atomic mass is 14.9. The van der Waals surface area contributed by atoms with Gasteiger partial charge in [-0.2, -0.15) is 0 Å². The molecule has 0 aliphatic rings. The van der Waals surface area contributed by atoms with Crippen molar-refractivity contribution in [3.8, 4) is 0 Å². The Labute approximate surface area is 127 Å². The number of para-hydroxylation sites is 1. The molecule has 4 atom stereocenters. The maximum atomic E-state index is 6.31. The second-order valence-corrected chi connectivity index (χ2v) is 6.04. The standard InChI is InChI=1S/C17H26N4/c1-4-14(12(3)15(19)9-11(2)18)17-20-10-13-7-5-6-8-16(13)21-17/h5-8,10-12,14-15H,4,9,18-19H2,1-3H3. The number of nitrogens with two attached hydrogens (primary N) is 2. The first-order valence-corrected chi connectivity index (χ1v) is 7.75. The maximum absolute atomic E-state index is 6.31. The first-order chi connectivity index (χ1) is 10.0. The van der Waals surface area contributed by atoms with Crippen molar-refractivity contribution in [2.45, 2.75) is 51.6 Å². The zero-order valence-corrected chi connectivity index (χ0v) is 13.2. The summed E-state index contributed by atoms with van der Waals surface area (Å²) in [6.07, 6.45) is 3.71. The van der Waals surface area contributed by atoms with Gasteiger partial charge in [0.15, 0.2) is 0 Å². The largest absolute Gasteiger partial charge is 0.328 e. The highest BCUT2D eigenvalue weighted by molar-refractivity contribution is 5.77. The van der Waals surface area contributed by atoms with Crippen LogP contribution in [0.25, 0.3) is 10.9 Å². The van der Waals surface area contributed by atoms with Crippen molar-refractivity contribution in [1.29, 1.82) is 0 Å². The van der Waals surface area contributed by atoms with Gasteiger partial charge in [-0.3, -0.25) is 0 Å². The molecule has 0 amide bonds. The predicted octanol–water partition coefficient (Wildman–Crippen LogP) is 2.82. The van der Waals surface area contributed by atoms with Crippen molar-refractivity contribution >= 4 is 10.9 Å². The van der Waals surface area contributed by atoms with Crippen LogP contribution in [0.4, 0.5) is 0 Å². The molecule has 0 saturated carbocycles. The van der Waals surface area contributed by atoms with Gasteiger partial charge in [-0.15, -0.1) is 0 Å². The fourth-order valence-corrected chi connectivity index (χ4v) is 2.90. The summed E-state index contributed by atoms with van der Waals surface area (Å²) >= 11 is 0. The van der Waals surface area contributed by atoms with Gasteiger partial charge in [0.1, 0.15) is 5.82 Å². The minimum atomic E-state index is 0.0741. The van der Waals surface area contributed by atoms with E-state index in [1.807, 2.05) is 37.4 Å². The molecule has 4 N–H and O–H groups in total. The molecule has 4 unspecified atom stereocenters. The number of benzene rings is 1. The Hall–Kier alpha value is -1.52. The van der Waals surface area contributed by atoms with Gasteiger partial charge in [-0.05, 0) is 31.7 Å². The number of hydrogen-bond acceptors (Lipinski definition) is 4. The van der Waals surface area contributed by atoms with E-state index in [2.05, 4.69) is 18.8 Å². The van der Waals surface area contributed by atoms with Gasteiger partial charge < -0.3 is 11.5 Å². The minimum absolute atomic E-state index is 0.0741. The molecule has 21 heavy (non-hydrogen) atoms. The highest BCUT2D eigenvalue weighted by Crippen LogP contribution is 2.29. The second kappa shape index (κ2) is 6.96. The fourth-order valence-electron chi connectivity index (χ4n) is 2.90. The molecule has 1 aromatic carbocycles. The van der Waals surface area contributed by atoms with Gasteiger partial charge in [0.2, 0.25) is 0 Å². The molecule has 0 aliphatic carbocycles. The normalized spacial score (nSPS) is 17.4. The van der Waals surface area contributed by atoms with Crippen LogP contribution < -0.4 is 11.5 Å². The van der Waals surface area contributed by atoms with Crippen LogP contribution in [0.15, 0.2) is 30.5 Å². The molecule has 2 rings (SSSR count). The van der Waals surface area contributed by atoms with Gasteiger partial charge in [0.05, 0.1) is 5.52 Å². The first-order valence-electron chi connectivity index (χ1n) is 7.75. The summed E-state index contributed by atoms with van der Waals surface area (Å²) in [4.78, 5) is 9.29.